The Hall–Kier alpha value is -3.41. The Labute approximate surface area is 190 Å². The Kier molecular flexibility index (Phi) is 6.11. The van der Waals surface area contributed by atoms with Gasteiger partial charge in [0.05, 0.1) is 22.7 Å². The minimum absolute atomic E-state index is 0.0410. The molecule has 0 fully saturated rings. The summed E-state index contributed by atoms with van der Waals surface area (Å²) in [7, 11) is -4.46. The second kappa shape index (κ2) is 8.75. The number of nitrogens with zero attached hydrogens (tertiary/aromatic N) is 1. The van der Waals surface area contributed by atoms with Crippen LogP contribution in [0.1, 0.15) is 5.56 Å². The van der Waals surface area contributed by atoms with Gasteiger partial charge in [0.15, 0.2) is 11.6 Å². The van der Waals surface area contributed by atoms with E-state index in [9.17, 15) is 34.8 Å². The average molecular weight is 503 g/mol. The highest BCUT2D eigenvalue weighted by atomic mass is 32.2. The Morgan fingerprint density at radius 1 is 1.00 bits per heavy atom. The van der Waals surface area contributed by atoms with Crippen molar-refractivity contribution in [3.8, 4) is 22.6 Å². The Balaban J connectivity index is 1.78. The van der Waals surface area contributed by atoms with Crippen molar-refractivity contribution in [2.24, 2.45) is 0 Å². The molecule has 0 spiro atoms. The van der Waals surface area contributed by atoms with Crippen LogP contribution in [0.2, 0.25) is 0 Å². The first-order chi connectivity index (χ1) is 16.0. The van der Waals surface area contributed by atoms with E-state index in [0.29, 0.717) is 6.07 Å². The summed E-state index contributed by atoms with van der Waals surface area (Å²) in [6.07, 6.45) is -4.75. The Morgan fingerprint density at radius 2 is 1.74 bits per heavy atom. The van der Waals surface area contributed by atoms with Crippen molar-refractivity contribution in [3.63, 3.8) is 0 Å². The zero-order valence-electron chi connectivity index (χ0n) is 17.0. The maximum Gasteiger partial charge on any atom is 0.416 e. The normalized spacial score (nSPS) is 14.0. The number of halogens is 6. The van der Waals surface area contributed by atoms with Crippen LogP contribution in [0, 0.1) is 5.82 Å². The number of benzene rings is 3. The standard InChI is InChI=1S/C22H15F6NO4S/c23-20-16(5-2-6-19(20)33-21(24)25)13-7-8-18-17(11-13)29(9-10-32-18)34(30,31)15-4-1-3-14(12-15)22(26,27)28/h1-8,11-12,21H,9-10H2. The van der Waals surface area contributed by atoms with Crippen LogP contribution in [0.5, 0.6) is 11.5 Å². The molecule has 3 aromatic rings. The summed E-state index contributed by atoms with van der Waals surface area (Å²) < 4.78 is 116. The first-order valence-corrected chi connectivity index (χ1v) is 11.1. The van der Waals surface area contributed by atoms with Gasteiger partial charge in [-0.05, 0) is 42.0 Å². The molecule has 0 bridgehead atoms. The lowest BCUT2D eigenvalue weighted by Crippen LogP contribution is -2.38. The van der Waals surface area contributed by atoms with Gasteiger partial charge < -0.3 is 9.47 Å². The molecule has 0 atom stereocenters. The van der Waals surface area contributed by atoms with Crippen LogP contribution < -0.4 is 13.8 Å². The van der Waals surface area contributed by atoms with Gasteiger partial charge in [-0.1, -0.05) is 24.3 Å². The van der Waals surface area contributed by atoms with Gasteiger partial charge >= 0.3 is 12.8 Å². The number of sulfonamides is 1. The Bertz CT molecular complexity index is 1330. The molecule has 0 unspecified atom stereocenters. The molecule has 1 aliphatic heterocycles. The maximum atomic E-state index is 14.8. The topological polar surface area (TPSA) is 55.8 Å². The lowest BCUT2D eigenvalue weighted by atomic mass is 10.0. The first kappa shape index (κ1) is 23.7. The summed E-state index contributed by atoms with van der Waals surface area (Å²) in [6.45, 7) is -3.54. The number of hydrogen-bond acceptors (Lipinski definition) is 4. The third kappa shape index (κ3) is 4.49. The number of alkyl halides is 5. The smallest absolute Gasteiger partial charge is 0.416 e. The molecule has 1 aliphatic rings. The molecule has 0 aliphatic carbocycles. The van der Waals surface area contributed by atoms with Crippen molar-refractivity contribution in [2.75, 3.05) is 17.5 Å². The van der Waals surface area contributed by atoms with Crippen LogP contribution in [0.15, 0.2) is 65.6 Å². The van der Waals surface area contributed by atoms with Crippen LogP contribution in [-0.4, -0.2) is 28.2 Å². The molecule has 0 saturated carbocycles. The molecule has 5 nitrogen and oxygen atoms in total. The summed E-state index contributed by atoms with van der Waals surface area (Å²) in [5.41, 5.74) is -1.21. The summed E-state index contributed by atoms with van der Waals surface area (Å²) in [5, 5.41) is 0. The fraction of sp³-hybridized carbons (Fsp3) is 0.182. The highest BCUT2D eigenvalue weighted by molar-refractivity contribution is 7.92. The molecule has 0 aromatic heterocycles. The van der Waals surface area contributed by atoms with Crippen molar-refractivity contribution < 1.29 is 44.2 Å². The quantitative estimate of drug-likeness (QED) is 0.419. The van der Waals surface area contributed by atoms with E-state index in [4.69, 9.17) is 4.74 Å². The molecule has 0 radical (unpaired) electrons. The van der Waals surface area contributed by atoms with Crippen molar-refractivity contribution >= 4 is 15.7 Å². The van der Waals surface area contributed by atoms with Gasteiger partial charge in [0, 0.05) is 5.56 Å². The number of ether oxygens (including phenoxy) is 2. The molecular formula is C22H15F6NO4S. The number of fused-ring (bicyclic) bond motifs is 1. The third-order valence-corrected chi connectivity index (χ3v) is 6.83. The summed E-state index contributed by atoms with van der Waals surface area (Å²) in [6, 6.07) is 10.9. The SMILES string of the molecule is O=S(=O)(c1cccc(C(F)(F)F)c1)N1CCOc2ccc(-c3cccc(OC(F)F)c3F)cc21. The van der Waals surface area contributed by atoms with E-state index in [1.165, 1.54) is 30.3 Å². The monoisotopic (exact) mass is 503 g/mol. The Morgan fingerprint density at radius 3 is 2.44 bits per heavy atom. The van der Waals surface area contributed by atoms with Gasteiger partial charge in [0.2, 0.25) is 0 Å². The first-order valence-electron chi connectivity index (χ1n) is 9.69. The van der Waals surface area contributed by atoms with Crippen LogP contribution >= 0.6 is 0 Å². The molecule has 34 heavy (non-hydrogen) atoms. The zero-order chi connectivity index (χ0) is 24.7. The summed E-state index contributed by atoms with van der Waals surface area (Å²) >= 11 is 0. The highest BCUT2D eigenvalue weighted by Gasteiger charge is 2.35. The van der Waals surface area contributed by atoms with Gasteiger partial charge in [0.1, 0.15) is 12.4 Å². The summed E-state index contributed by atoms with van der Waals surface area (Å²) in [5.74, 6) is -1.69. The van der Waals surface area contributed by atoms with Gasteiger partial charge in [0.25, 0.3) is 10.0 Å². The van der Waals surface area contributed by atoms with Gasteiger partial charge in [-0.2, -0.15) is 22.0 Å². The minimum atomic E-state index is -4.75. The molecule has 4 rings (SSSR count). The van der Waals surface area contributed by atoms with Gasteiger partial charge in [-0.3, -0.25) is 4.31 Å². The molecule has 12 heteroatoms. The lowest BCUT2D eigenvalue weighted by Gasteiger charge is -2.31. The minimum Gasteiger partial charge on any atom is -0.489 e. The fourth-order valence-electron chi connectivity index (χ4n) is 3.49. The number of hydrogen-bond donors (Lipinski definition) is 0. The largest absolute Gasteiger partial charge is 0.489 e. The van der Waals surface area contributed by atoms with Crippen molar-refractivity contribution in [1.29, 1.82) is 0 Å². The molecule has 180 valence electrons. The maximum absolute atomic E-state index is 14.8. The van der Waals surface area contributed by atoms with E-state index in [0.717, 1.165) is 28.6 Å². The zero-order valence-corrected chi connectivity index (χ0v) is 17.8. The predicted octanol–water partition coefficient (Wildman–Crippen LogP) is 5.70. The third-order valence-electron chi connectivity index (χ3n) is 5.02. The second-order valence-corrected chi connectivity index (χ2v) is 8.99. The number of rotatable bonds is 5. The molecule has 0 amide bonds. The molecule has 1 heterocycles. The average Bonchev–Trinajstić information content (AvgIpc) is 2.79. The van der Waals surface area contributed by atoms with E-state index in [2.05, 4.69) is 4.74 Å². The van der Waals surface area contributed by atoms with E-state index >= 15 is 0 Å². The fourth-order valence-corrected chi connectivity index (χ4v) is 4.99. The van der Waals surface area contributed by atoms with Crippen molar-refractivity contribution in [1.82, 2.24) is 0 Å². The molecule has 3 aromatic carbocycles. The van der Waals surface area contributed by atoms with Gasteiger partial charge in [-0.15, -0.1) is 0 Å². The van der Waals surface area contributed by atoms with Crippen molar-refractivity contribution in [2.45, 2.75) is 17.7 Å². The van der Waals surface area contributed by atoms with E-state index in [1.54, 1.807) is 0 Å². The lowest BCUT2D eigenvalue weighted by molar-refractivity contribution is -0.137. The van der Waals surface area contributed by atoms with E-state index in [1.807, 2.05) is 0 Å². The van der Waals surface area contributed by atoms with Crippen LogP contribution in [0.25, 0.3) is 11.1 Å². The van der Waals surface area contributed by atoms with E-state index in [-0.39, 0.29) is 35.7 Å². The van der Waals surface area contributed by atoms with Crippen LogP contribution in [0.4, 0.5) is 32.0 Å². The molecular weight excluding hydrogens is 488 g/mol. The molecule has 0 saturated heterocycles. The van der Waals surface area contributed by atoms with Crippen molar-refractivity contribution in [3.05, 3.63) is 72.0 Å². The van der Waals surface area contributed by atoms with Crippen LogP contribution in [-0.2, 0) is 16.2 Å². The predicted molar refractivity (Wildman–Crippen MR) is 110 cm³/mol. The van der Waals surface area contributed by atoms with Crippen LogP contribution in [0.3, 0.4) is 0 Å². The van der Waals surface area contributed by atoms with E-state index < -0.39 is 44.8 Å². The summed E-state index contributed by atoms with van der Waals surface area (Å²) in [4.78, 5) is -0.584. The number of anilines is 1. The second-order valence-electron chi connectivity index (χ2n) is 7.13. The van der Waals surface area contributed by atoms with Gasteiger partial charge in [-0.25, -0.2) is 12.8 Å². The molecule has 0 N–H and O–H groups in total. The highest BCUT2D eigenvalue weighted by Crippen LogP contribution is 2.40.